The summed E-state index contributed by atoms with van der Waals surface area (Å²) in [5.74, 6) is 2.10. The third kappa shape index (κ3) is 3.23. The van der Waals surface area contributed by atoms with E-state index in [-0.39, 0.29) is 12.0 Å². The molecule has 4 heterocycles. The van der Waals surface area contributed by atoms with Crippen molar-refractivity contribution >= 4 is 11.7 Å². The molecule has 0 aliphatic carbocycles. The Morgan fingerprint density at radius 1 is 1.13 bits per heavy atom. The number of pyridine rings is 1. The van der Waals surface area contributed by atoms with Crippen molar-refractivity contribution in [2.24, 2.45) is 0 Å². The Morgan fingerprint density at radius 3 is 2.67 bits per heavy atom. The van der Waals surface area contributed by atoms with E-state index in [9.17, 15) is 4.79 Å². The highest BCUT2D eigenvalue weighted by Gasteiger charge is 2.32. The topological polar surface area (TPSA) is 54.9 Å². The molecule has 1 aromatic carbocycles. The van der Waals surface area contributed by atoms with E-state index >= 15 is 0 Å². The number of rotatable bonds is 4. The average Bonchev–Trinajstić information content (AvgIpc) is 3.35. The van der Waals surface area contributed by atoms with Crippen molar-refractivity contribution in [2.75, 3.05) is 24.5 Å². The summed E-state index contributed by atoms with van der Waals surface area (Å²) in [6.07, 6.45) is 2.14. The van der Waals surface area contributed by atoms with Crippen LogP contribution in [-0.2, 0) is 24.5 Å². The van der Waals surface area contributed by atoms with Crippen LogP contribution < -0.4 is 9.64 Å². The second-order valence-corrected chi connectivity index (χ2v) is 8.55. The van der Waals surface area contributed by atoms with E-state index in [0.717, 1.165) is 66.4 Å². The molecule has 0 unspecified atom stereocenters. The van der Waals surface area contributed by atoms with E-state index in [1.807, 2.05) is 11.8 Å². The molecular weight excluding hydrogens is 378 g/mol. The predicted molar refractivity (Wildman–Crippen MR) is 115 cm³/mol. The van der Waals surface area contributed by atoms with Crippen LogP contribution in [0.3, 0.4) is 0 Å². The van der Waals surface area contributed by atoms with Gasteiger partial charge in [0.2, 0.25) is 0 Å². The summed E-state index contributed by atoms with van der Waals surface area (Å²) in [7, 11) is 0. The van der Waals surface area contributed by atoms with Crippen molar-refractivity contribution in [1.29, 1.82) is 0 Å². The maximum Gasteiger partial charge on any atom is 0.256 e. The molecule has 3 aliphatic heterocycles. The molecule has 1 saturated heterocycles. The molecule has 30 heavy (non-hydrogen) atoms. The first kappa shape index (κ1) is 19.4. The molecule has 0 N–H and O–H groups in total. The van der Waals surface area contributed by atoms with Gasteiger partial charge in [0.15, 0.2) is 0 Å². The highest BCUT2D eigenvalue weighted by Crippen LogP contribution is 2.33. The molecule has 5 rings (SSSR count). The summed E-state index contributed by atoms with van der Waals surface area (Å²) in [6.45, 7) is 10.7. The molecule has 0 atom stereocenters. The molecule has 6 nitrogen and oxygen atoms in total. The van der Waals surface area contributed by atoms with Crippen molar-refractivity contribution < 1.29 is 14.3 Å². The summed E-state index contributed by atoms with van der Waals surface area (Å²) in [5, 5.41) is 0. The zero-order valence-electron chi connectivity index (χ0n) is 18.0. The van der Waals surface area contributed by atoms with E-state index in [2.05, 4.69) is 36.9 Å². The lowest BCUT2D eigenvalue weighted by Gasteiger charge is -2.34. The summed E-state index contributed by atoms with van der Waals surface area (Å²) < 4.78 is 11.8. The number of benzene rings is 1. The summed E-state index contributed by atoms with van der Waals surface area (Å²) in [5.41, 5.74) is 6.46. The molecule has 1 fully saturated rings. The van der Waals surface area contributed by atoms with E-state index in [1.165, 1.54) is 11.1 Å². The summed E-state index contributed by atoms with van der Waals surface area (Å²) in [4.78, 5) is 21.8. The van der Waals surface area contributed by atoms with Crippen LogP contribution in [0.5, 0.6) is 5.75 Å². The standard InChI is InChI=1S/C24H29N3O3/c1-4-26-12-21-22(24(26)28)15(2)16(3)23(25-21)27-9-7-19(8-10-27)30-20-6-5-17-13-29-14-18(17)11-20/h5-6,11,19H,4,7-10,12-14H2,1-3H3. The number of nitrogens with zero attached hydrogens (tertiary/aromatic N) is 3. The molecule has 2 aromatic rings. The SMILES string of the molecule is CCN1Cc2nc(N3CCC(Oc4ccc5c(c4)COC5)CC3)c(C)c(C)c2C1=O. The minimum absolute atomic E-state index is 0.124. The van der Waals surface area contributed by atoms with Crippen LogP contribution in [0, 0.1) is 13.8 Å². The van der Waals surface area contributed by atoms with Crippen molar-refractivity contribution in [3.05, 3.63) is 51.7 Å². The Labute approximate surface area is 177 Å². The molecule has 0 radical (unpaired) electrons. The molecule has 6 heteroatoms. The van der Waals surface area contributed by atoms with Gasteiger partial charge in [0, 0.05) is 32.5 Å². The van der Waals surface area contributed by atoms with Gasteiger partial charge in [-0.1, -0.05) is 6.07 Å². The van der Waals surface area contributed by atoms with Crippen molar-refractivity contribution in [2.45, 2.75) is 59.5 Å². The molecular formula is C24H29N3O3. The normalized spacial score (nSPS) is 18.7. The Morgan fingerprint density at radius 2 is 1.90 bits per heavy atom. The first-order valence-corrected chi connectivity index (χ1v) is 11.0. The smallest absolute Gasteiger partial charge is 0.256 e. The van der Waals surface area contributed by atoms with Crippen LogP contribution in [0.15, 0.2) is 18.2 Å². The van der Waals surface area contributed by atoms with Crippen LogP contribution in [0.1, 0.15) is 58.1 Å². The zero-order valence-corrected chi connectivity index (χ0v) is 18.0. The second kappa shape index (κ2) is 7.58. The average molecular weight is 408 g/mol. The van der Waals surface area contributed by atoms with Gasteiger partial charge < -0.3 is 19.3 Å². The Hall–Kier alpha value is -2.60. The van der Waals surface area contributed by atoms with Crippen LogP contribution >= 0.6 is 0 Å². The molecule has 1 amide bonds. The number of piperidine rings is 1. The number of hydrogen-bond acceptors (Lipinski definition) is 5. The fourth-order valence-corrected chi connectivity index (χ4v) is 4.81. The maximum absolute atomic E-state index is 12.6. The lowest BCUT2D eigenvalue weighted by Crippen LogP contribution is -2.39. The Bertz CT molecular complexity index is 996. The molecule has 0 saturated carbocycles. The van der Waals surface area contributed by atoms with Gasteiger partial charge in [-0.25, -0.2) is 4.98 Å². The van der Waals surface area contributed by atoms with Gasteiger partial charge in [0.25, 0.3) is 5.91 Å². The highest BCUT2D eigenvalue weighted by molar-refractivity contribution is 6.00. The van der Waals surface area contributed by atoms with Gasteiger partial charge in [0.05, 0.1) is 31.0 Å². The number of amides is 1. The van der Waals surface area contributed by atoms with Crippen LogP contribution in [0.2, 0.25) is 0 Å². The minimum Gasteiger partial charge on any atom is -0.490 e. The van der Waals surface area contributed by atoms with Crippen molar-refractivity contribution in [1.82, 2.24) is 9.88 Å². The third-order valence-electron chi connectivity index (χ3n) is 6.76. The second-order valence-electron chi connectivity index (χ2n) is 8.55. The number of ether oxygens (including phenoxy) is 2. The van der Waals surface area contributed by atoms with Gasteiger partial charge in [-0.05, 0) is 55.2 Å². The number of carbonyl (C=O) groups excluding carboxylic acids is 1. The van der Waals surface area contributed by atoms with Crippen LogP contribution in [0.25, 0.3) is 0 Å². The first-order chi connectivity index (χ1) is 14.5. The van der Waals surface area contributed by atoms with Gasteiger partial charge in [-0.15, -0.1) is 0 Å². The lowest BCUT2D eigenvalue weighted by atomic mass is 10.0. The van der Waals surface area contributed by atoms with E-state index < -0.39 is 0 Å². The van der Waals surface area contributed by atoms with Gasteiger partial charge >= 0.3 is 0 Å². The van der Waals surface area contributed by atoms with Crippen molar-refractivity contribution in [3.8, 4) is 5.75 Å². The molecule has 0 bridgehead atoms. The van der Waals surface area contributed by atoms with E-state index in [0.29, 0.717) is 19.8 Å². The number of hydrogen-bond donors (Lipinski definition) is 0. The van der Waals surface area contributed by atoms with Gasteiger partial charge in [-0.2, -0.15) is 0 Å². The largest absolute Gasteiger partial charge is 0.490 e. The Balaban J connectivity index is 1.28. The first-order valence-electron chi connectivity index (χ1n) is 11.0. The fourth-order valence-electron chi connectivity index (χ4n) is 4.81. The summed E-state index contributed by atoms with van der Waals surface area (Å²) >= 11 is 0. The fraction of sp³-hybridized carbons (Fsp3) is 0.500. The van der Waals surface area contributed by atoms with Crippen LogP contribution in [-0.4, -0.2) is 41.5 Å². The molecule has 0 spiro atoms. The monoisotopic (exact) mass is 407 g/mol. The third-order valence-corrected chi connectivity index (χ3v) is 6.76. The van der Waals surface area contributed by atoms with Crippen LogP contribution in [0.4, 0.5) is 5.82 Å². The molecule has 1 aromatic heterocycles. The number of fused-ring (bicyclic) bond motifs is 2. The van der Waals surface area contributed by atoms with E-state index in [4.69, 9.17) is 14.5 Å². The number of carbonyl (C=O) groups is 1. The molecule has 158 valence electrons. The lowest BCUT2D eigenvalue weighted by molar-refractivity contribution is 0.0786. The number of aromatic nitrogens is 1. The van der Waals surface area contributed by atoms with E-state index in [1.54, 1.807) is 0 Å². The maximum atomic E-state index is 12.6. The van der Waals surface area contributed by atoms with Gasteiger partial charge in [0.1, 0.15) is 17.7 Å². The Kier molecular flexibility index (Phi) is 4.89. The zero-order chi connectivity index (χ0) is 20.8. The molecule has 3 aliphatic rings. The quantitative estimate of drug-likeness (QED) is 0.773. The van der Waals surface area contributed by atoms with Crippen molar-refractivity contribution in [3.63, 3.8) is 0 Å². The highest BCUT2D eigenvalue weighted by atomic mass is 16.5. The number of anilines is 1. The minimum atomic E-state index is 0.124. The summed E-state index contributed by atoms with van der Waals surface area (Å²) in [6, 6.07) is 6.31. The predicted octanol–water partition coefficient (Wildman–Crippen LogP) is 3.75. The van der Waals surface area contributed by atoms with Gasteiger partial charge in [-0.3, -0.25) is 4.79 Å².